The van der Waals surface area contributed by atoms with Gasteiger partial charge in [-0.15, -0.1) is 11.6 Å². The summed E-state index contributed by atoms with van der Waals surface area (Å²) in [5, 5.41) is 0. The molecule has 0 bridgehead atoms. The highest BCUT2D eigenvalue weighted by molar-refractivity contribution is 6.28. The number of aliphatic imine (C=N–C) groups is 1. The molecule has 0 atom stereocenters. The summed E-state index contributed by atoms with van der Waals surface area (Å²) >= 11 is 5.60. The summed E-state index contributed by atoms with van der Waals surface area (Å²) in [5.74, 6) is 0.788. The van der Waals surface area contributed by atoms with Crippen molar-refractivity contribution in [1.29, 1.82) is 0 Å². The molecule has 0 spiro atoms. The molecule has 74 valence electrons. The lowest BCUT2D eigenvalue weighted by atomic mass is 10.1. The second-order valence-corrected chi connectivity index (χ2v) is 3.77. The van der Waals surface area contributed by atoms with E-state index in [9.17, 15) is 0 Å². The minimum atomic E-state index is 0.295. The number of aryl methyl sites for hydroxylation is 1. The van der Waals surface area contributed by atoms with E-state index in [-0.39, 0.29) is 0 Å². The van der Waals surface area contributed by atoms with Gasteiger partial charge in [0, 0.05) is 0 Å². The van der Waals surface area contributed by atoms with Crippen LogP contribution in [0.3, 0.4) is 0 Å². The summed E-state index contributed by atoms with van der Waals surface area (Å²) in [7, 11) is 0. The fourth-order valence-electron chi connectivity index (χ4n) is 1.89. The molecule has 0 aromatic heterocycles. The zero-order valence-corrected chi connectivity index (χ0v) is 8.72. The molecule has 0 saturated heterocycles. The van der Waals surface area contributed by atoms with E-state index in [2.05, 4.69) is 11.1 Å². The van der Waals surface area contributed by atoms with Crippen molar-refractivity contribution in [1.82, 2.24) is 0 Å². The Kier molecular flexibility index (Phi) is 2.73. The molecular formula is C11H13ClN2. The van der Waals surface area contributed by atoms with Crippen LogP contribution in [-0.4, -0.2) is 11.7 Å². The van der Waals surface area contributed by atoms with E-state index in [1.165, 1.54) is 24.0 Å². The van der Waals surface area contributed by atoms with Crippen molar-refractivity contribution in [3.63, 3.8) is 0 Å². The maximum atomic E-state index is 5.62. The monoisotopic (exact) mass is 208 g/mol. The van der Waals surface area contributed by atoms with Gasteiger partial charge in [0.15, 0.2) is 0 Å². The van der Waals surface area contributed by atoms with E-state index in [1.807, 2.05) is 12.1 Å². The Bertz CT molecular complexity index is 372. The molecule has 0 unspecified atom stereocenters. The van der Waals surface area contributed by atoms with Crippen molar-refractivity contribution >= 4 is 23.1 Å². The van der Waals surface area contributed by atoms with Crippen LogP contribution in [0.1, 0.15) is 17.5 Å². The third kappa shape index (κ3) is 1.75. The Labute approximate surface area is 88.8 Å². The summed E-state index contributed by atoms with van der Waals surface area (Å²) in [6.07, 6.45) is 3.51. The number of alkyl halides is 1. The van der Waals surface area contributed by atoms with Crippen LogP contribution < -0.4 is 5.73 Å². The highest BCUT2D eigenvalue weighted by Crippen LogP contribution is 2.30. The molecule has 0 radical (unpaired) electrons. The first-order valence-corrected chi connectivity index (χ1v) is 5.34. The lowest BCUT2D eigenvalue weighted by molar-refractivity contribution is 0.911. The third-order valence-corrected chi connectivity index (χ3v) is 2.80. The normalized spacial score (nSPS) is 15.6. The van der Waals surface area contributed by atoms with Crippen molar-refractivity contribution in [2.45, 2.75) is 19.3 Å². The standard InChI is InChI=1S/C11H13ClN2/c12-7-11(13)14-10-6-2-4-8-3-1-5-9(8)10/h2,4,6H,1,3,5,7H2,(H2,13,14). The van der Waals surface area contributed by atoms with Crippen LogP contribution in [0.5, 0.6) is 0 Å². The molecule has 3 heteroatoms. The van der Waals surface area contributed by atoms with Gasteiger partial charge in [-0.25, -0.2) is 4.99 Å². The Balaban J connectivity index is 2.40. The van der Waals surface area contributed by atoms with Gasteiger partial charge in [0.25, 0.3) is 0 Å². The van der Waals surface area contributed by atoms with Crippen LogP contribution in [-0.2, 0) is 12.8 Å². The van der Waals surface area contributed by atoms with Crippen LogP contribution in [0.25, 0.3) is 0 Å². The zero-order valence-electron chi connectivity index (χ0n) is 7.96. The Hall–Kier alpha value is -1.02. The average molecular weight is 209 g/mol. The molecule has 0 amide bonds. The molecule has 2 rings (SSSR count). The minimum absolute atomic E-state index is 0.295. The van der Waals surface area contributed by atoms with Gasteiger partial charge in [-0.3, -0.25) is 0 Å². The summed E-state index contributed by atoms with van der Waals surface area (Å²) < 4.78 is 0. The highest BCUT2D eigenvalue weighted by Gasteiger charge is 2.13. The van der Waals surface area contributed by atoms with Crippen molar-refractivity contribution in [2.24, 2.45) is 10.7 Å². The second kappa shape index (κ2) is 4.01. The van der Waals surface area contributed by atoms with Gasteiger partial charge >= 0.3 is 0 Å². The van der Waals surface area contributed by atoms with Crippen LogP contribution in [0.2, 0.25) is 0 Å². The molecule has 2 nitrogen and oxygen atoms in total. The highest BCUT2D eigenvalue weighted by atomic mass is 35.5. The number of nitrogens with two attached hydrogens (primary N) is 1. The first-order chi connectivity index (χ1) is 6.81. The number of hydrogen-bond donors (Lipinski definition) is 1. The average Bonchev–Trinajstić information content (AvgIpc) is 2.66. The molecule has 0 fully saturated rings. The smallest absolute Gasteiger partial charge is 0.115 e. The third-order valence-electron chi connectivity index (χ3n) is 2.52. The number of hydrogen-bond acceptors (Lipinski definition) is 1. The largest absolute Gasteiger partial charge is 0.386 e. The number of amidine groups is 1. The van der Waals surface area contributed by atoms with Crippen LogP contribution in [0.15, 0.2) is 23.2 Å². The number of benzene rings is 1. The van der Waals surface area contributed by atoms with E-state index in [0.717, 1.165) is 12.1 Å². The number of halogens is 1. The number of rotatable bonds is 2. The molecule has 1 aromatic carbocycles. The lowest BCUT2D eigenvalue weighted by Crippen LogP contribution is -2.12. The lowest BCUT2D eigenvalue weighted by Gasteiger charge is -2.03. The molecular weight excluding hydrogens is 196 g/mol. The van der Waals surface area contributed by atoms with E-state index in [1.54, 1.807) is 0 Å². The Morgan fingerprint density at radius 1 is 1.43 bits per heavy atom. The molecule has 1 aromatic rings. The molecule has 0 saturated carbocycles. The van der Waals surface area contributed by atoms with E-state index >= 15 is 0 Å². The summed E-state index contributed by atoms with van der Waals surface area (Å²) in [4.78, 5) is 4.31. The predicted octanol–water partition coefficient (Wildman–Crippen LogP) is 2.40. The number of fused-ring (bicyclic) bond motifs is 1. The van der Waals surface area contributed by atoms with E-state index < -0.39 is 0 Å². The van der Waals surface area contributed by atoms with Gasteiger partial charge in [-0.1, -0.05) is 12.1 Å². The van der Waals surface area contributed by atoms with Crippen molar-refractivity contribution in [3.8, 4) is 0 Å². The molecule has 0 aliphatic heterocycles. The Morgan fingerprint density at radius 3 is 3.07 bits per heavy atom. The van der Waals surface area contributed by atoms with Gasteiger partial charge in [0.05, 0.1) is 11.6 Å². The predicted molar refractivity (Wildman–Crippen MR) is 60.5 cm³/mol. The van der Waals surface area contributed by atoms with Gasteiger partial charge in [0.1, 0.15) is 5.84 Å². The van der Waals surface area contributed by atoms with Crippen LogP contribution in [0.4, 0.5) is 5.69 Å². The molecule has 2 N–H and O–H groups in total. The quantitative estimate of drug-likeness (QED) is 0.453. The second-order valence-electron chi connectivity index (χ2n) is 3.51. The molecule has 14 heavy (non-hydrogen) atoms. The first-order valence-electron chi connectivity index (χ1n) is 4.81. The maximum absolute atomic E-state index is 5.62. The fraction of sp³-hybridized carbons (Fsp3) is 0.364. The first kappa shape index (κ1) is 9.53. The molecule has 1 aliphatic carbocycles. The minimum Gasteiger partial charge on any atom is -0.386 e. The summed E-state index contributed by atoms with van der Waals surface area (Å²) in [6, 6.07) is 6.20. The van der Waals surface area contributed by atoms with E-state index in [4.69, 9.17) is 17.3 Å². The molecule has 0 heterocycles. The Morgan fingerprint density at radius 2 is 2.29 bits per heavy atom. The van der Waals surface area contributed by atoms with Gasteiger partial charge in [-0.05, 0) is 36.5 Å². The van der Waals surface area contributed by atoms with Crippen molar-refractivity contribution < 1.29 is 0 Å². The molecule has 1 aliphatic rings. The SMILES string of the molecule is NC(CCl)=Nc1cccc2c1CCC2. The topological polar surface area (TPSA) is 38.4 Å². The fourth-order valence-corrected chi connectivity index (χ4v) is 1.95. The summed E-state index contributed by atoms with van der Waals surface area (Å²) in [6.45, 7) is 0. The zero-order chi connectivity index (χ0) is 9.97. The van der Waals surface area contributed by atoms with E-state index in [0.29, 0.717) is 11.7 Å². The van der Waals surface area contributed by atoms with Crippen molar-refractivity contribution in [3.05, 3.63) is 29.3 Å². The van der Waals surface area contributed by atoms with Gasteiger partial charge in [0.2, 0.25) is 0 Å². The van der Waals surface area contributed by atoms with Crippen LogP contribution >= 0.6 is 11.6 Å². The van der Waals surface area contributed by atoms with Crippen molar-refractivity contribution in [2.75, 3.05) is 5.88 Å². The summed E-state index contributed by atoms with van der Waals surface area (Å²) in [5.41, 5.74) is 9.37. The van der Waals surface area contributed by atoms with Crippen LogP contribution in [0, 0.1) is 0 Å². The van der Waals surface area contributed by atoms with Gasteiger partial charge in [-0.2, -0.15) is 0 Å². The van der Waals surface area contributed by atoms with Gasteiger partial charge < -0.3 is 5.73 Å². The maximum Gasteiger partial charge on any atom is 0.115 e. The number of nitrogens with zero attached hydrogens (tertiary/aromatic N) is 1.